The summed E-state index contributed by atoms with van der Waals surface area (Å²) < 4.78 is 0. The van der Waals surface area contributed by atoms with Gasteiger partial charge in [-0.25, -0.2) is 9.97 Å². The van der Waals surface area contributed by atoms with Gasteiger partial charge in [0.05, 0.1) is 5.69 Å². The second kappa shape index (κ2) is 5.19. The van der Waals surface area contributed by atoms with E-state index in [0.717, 1.165) is 28.5 Å². The molecule has 0 aliphatic carbocycles. The molecule has 0 aliphatic rings. The van der Waals surface area contributed by atoms with Crippen LogP contribution in [0.1, 0.15) is 37.7 Å². The van der Waals surface area contributed by atoms with Gasteiger partial charge in [-0.2, -0.15) is 0 Å². The molecule has 106 valence electrons. The van der Waals surface area contributed by atoms with E-state index in [0.29, 0.717) is 0 Å². The van der Waals surface area contributed by atoms with Crippen LogP contribution in [0.15, 0.2) is 18.5 Å². The molecular weight excluding hydrogens is 248 g/mol. The Hall–Kier alpha value is -1.97. The van der Waals surface area contributed by atoms with Crippen LogP contribution in [0, 0.1) is 13.8 Å². The van der Waals surface area contributed by atoms with Gasteiger partial charge in [-0.05, 0) is 25.5 Å². The first-order valence-electron chi connectivity index (χ1n) is 6.82. The van der Waals surface area contributed by atoms with Crippen molar-refractivity contribution in [1.29, 1.82) is 0 Å². The van der Waals surface area contributed by atoms with Crippen molar-refractivity contribution < 1.29 is 0 Å². The minimum Gasteiger partial charge on any atom is -0.373 e. The first kappa shape index (κ1) is 14.4. The number of nitrogens with zero attached hydrogens (tertiary/aromatic N) is 3. The van der Waals surface area contributed by atoms with Crippen LogP contribution in [0.25, 0.3) is 11.3 Å². The number of anilines is 1. The predicted molar refractivity (Wildman–Crippen MR) is 83.0 cm³/mol. The summed E-state index contributed by atoms with van der Waals surface area (Å²) >= 11 is 0. The fourth-order valence-electron chi connectivity index (χ4n) is 2.07. The number of hydrogen-bond acceptors (Lipinski definition) is 4. The number of nitrogens with one attached hydrogen (secondary N) is 1. The van der Waals surface area contributed by atoms with Crippen LogP contribution in [-0.2, 0) is 5.41 Å². The van der Waals surface area contributed by atoms with Gasteiger partial charge >= 0.3 is 0 Å². The first-order chi connectivity index (χ1) is 9.34. The lowest BCUT2D eigenvalue weighted by Crippen LogP contribution is -2.18. The van der Waals surface area contributed by atoms with Crippen molar-refractivity contribution in [3.63, 3.8) is 0 Å². The molecule has 0 aromatic carbocycles. The van der Waals surface area contributed by atoms with E-state index in [1.165, 1.54) is 5.56 Å². The van der Waals surface area contributed by atoms with Crippen LogP contribution in [0.2, 0.25) is 0 Å². The lowest BCUT2D eigenvalue weighted by Gasteiger charge is -2.20. The van der Waals surface area contributed by atoms with Crippen molar-refractivity contribution in [2.24, 2.45) is 0 Å². The molecule has 0 saturated carbocycles. The van der Waals surface area contributed by atoms with Crippen molar-refractivity contribution in [2.45, 2.75) is 40.0 Å². The average molecular weight is 270 g/mol. The monoisotopic (exact) mass is 270 g/mol. The van der Waals surface area contributed by atoms with Gasteiger partial charge in [0.1, 0.15) is 11.6 Å². The van der Waals surface area contributed by atoms with Gasteiger partial charge in [-0.15, -0.1) is 0 Å². The Morgan fingerprint density at radius 3 is 2.35 bits per heavy atom. The zero-order valence-electron chi connectivity index (χ0n) is 13.1. The van der Waals surface area contributed by atoms with E-state index in [1.54, 1.807) is 6.20 Å². The molecule has 2 aromatic heterocycles. The third-order valence-electron chi connectivity index (χ3n) is 3.35. The molecule has 0 saturated heterocycles. The molecule has 2 aromatic rings. The average Bonchev–Trinajstić information content (AvgIpc) is 2.38. The van der Waals surface area contributed by atoms with Crippen molar-refractivity contribution in [3.05, 3.63) is 35.4 Å². The SMILES string of the molecule is CNc1nc(C(C)(C)C)nc(-c2cnccc2C)c1C. The molecule has 0 spiro atoms. The first-order valence-corrected chi connectivity index (χ1v) is 6.82. The maximum atomic E-state index is 4.79. The van der Waals surface area contributed by atoms with Gasteiger partial charge in [0, 0.05) is 36.0 Å². The van der Waals surface area contributed by atoms with Gasteiger partial charge in [-0.3, -0.25) is 4.98 Å². The molecule has 0 unspecified atom stereocenters. The molecule has 4 nitrogen and oxygen atoms in total. The van der Waals surface area contributed by atoms with Crippen LogP contribution in [-0.4, -0.2) is 22.0 Å². The summed E-state index contributed by atoms with van der Waals surface area (Å²) in [5.74, 6) is 1.72. The quantitative estimate of drug-likeness (QED) is 0.907. The highest BCUT2D eigenvalue weighted by molar-refractivity contribution is 5.70. The van der Waals surface area contributed by atoms with Crippen molar-refractivity contribution in [1.82, 2.24) is 15.0 Å². The molecule has 2 rings (SSSR count). The van der Waals surface area contributed by atoms with Crippen LogP contribution in [0.5, 0.6) is 0 Å². The summed E-state index contributed by atoms with van der Waals surface area (Å²) in [5.41, 5.74) is 4.15. The summed E-state index contributed by atoms with van der Waals surface area (Å²) in [5, 5.41) is 3.17. The summed E-state index contributed by atoms with van der Waals surface area (Å²) in [6, 6.07) is 2.01. The summed E-state index contributed by atoms with van der Waals surface area (Å²) in [7, 11) is 1.89. The Bertz CT molecular complexity index is 627. The molecular formula is C16H22N4. The summed E-state index contributed by atoms with van der Waals surface area (Å²) in [6.07, 6.45) is 3.68. The lowest BCUT2D eigenvalue weighted by molar-refractivity contribution is 0.546. The minimum absolute atomic E-state index is 0.0931. The molecule has 4 heteroatoms. The molecule has 0 aliphatic heterocycles. The fourth-order valence-corrected chi connectivity index (χ4v) is 2.07. The Kier molecular flexibility index (Phi) is 3.75. The van der Waals surface area contributed by atoms with Gasteiger partial charge in [-0.1, -0.05) is 20.8 Å². The highest BCUT2D eigenvalue weighted by atomic mass is 15.0. The maximum absolute atomic E-state index is 4.79. The van der Waals surface area contributed by atoms with E-state index in [9.17, 15) is 0 Å². The van der Waals surface area contributed by atoms with E-state index < -0.39 is 0 Å². The summed E-state index contributed by atoms with van der Waals surface area (Å²) in [4.78, 5) is 13.7. The second-order valence-electron chi connectivity index (χ2n) is 6.06. The molecule has 1 N–H and O–H groups in total. The lowest BCUT2D eigenvalue weighted by atomic mass is 9.94. The highest BCUT2D eigenvalue weighted by Gasteiger charge is 2.21. The minimum atomic E-state index is -0.0931. The molecule has 20 heavy (non-hydrogen) atoms. The van der Waals surface area contributed by atoms with E-state index in [4.69, 9.17) is 4.98 Å². The predicted octanol–water partition coefficient (Wildman–Crippen LogP) is 3.49. The molecule has 0 radical (unpaired) electrons. The Labute approximate surface area is 120 Å². The van der Waals surface area contributed by atoms with Gasteiger partial charge in [0.25, 0.3) is 0 Å². The van der Waals surface area contributed by atoms with E-state index in [2.05, 4.69) is 43.0 Å². The second-order valence-corrected chi connectivity index (χ2v) is 6.06. The van der Waals surface area contributed by atoms with E-state index in [-0.39, 0.29) is 5.41 Å². The molecule has 0 bridgehead atoms. The number of aromatic nitrogens is 3. The Morgan fingerprint density at radius 2 is 1.80 bits per heavy atom. The van der Waals surface area contributed by atoms with Crippen LogP contribution in [0.4, 0.5) is 5.82 Å². The van der Waals surface area contributed by atoms with Gasteiger partial charge in [0.2, 0.25) is 0 Å². The smallest absolute Gasteiger partial charge is 0.136 e. The van der Waals surface area contributed by atoms with Crippen molar-refractivity contribution >= 4 is 5.82 Å². The topological polar surface area (TPSA) is 50.7 Å². The van der Waals surface area contributed by atoms with Crippen molar-refractivity contribution in [2.75, 3.05) is 12.4 Å². The van der Waals surface area contributed by atoms with Crippen molar-refractivity contribution in [3.8, 4) is 11.3 Å². The number of rotatable bonds is 2. The number of aryl methyl sites for hydroxylation is 1. The normalized spacial score (nSPS) is 11.5. The van der Waals surface area contributed by atoms with E-state index >= 15 is 0 Å². The number of hydrogen-bond donors (Lipinski definition) is 1. The molecule has 0 atom stereocenters. The molecule has 2 heterocycles. The molecule has 0 amide bonds. The van der Waals surface area contributed by atoms with Crippen LogP contribution >= 0.6 is 0 Å². The zero-order valence-corrected chi connectivity index (χ0v) is 13.1. The van der Waals surface area contributed by atoms with E-state index in [1.807, 2.05) is 26.2 Å². The summed E-state index contributed by atoms with van der Waals surface area (Å²) in [6.45, 7) is 10.5. The standard InChI is InChI=1S/C16H22N4/c1-10-7-8-18-9-12(10)13-11(2)14(17-6)20-15(19-13)16(3,4)5/h7-9H,1-6H3,(H,17,19,20). The van der Waals surface area contributed by atoms with Gasteiger partial charge in [0.15, 0.2) is 0 Å². The largest absolute Gasteiger partial charge is 0.373 e. The maximum Gasteiger partial charge on any atom is 0.136 e. The Morgan fingerprint density at radius 1 is 1.10 bits per heavy atom. The zero-order chi connectivity index (χ0) is 14.9. The third kappa shape index (κ3) is 2.64. The highest BCUT2D eigenvalue weighted by Crippen LogP contribution is 2.30. The molecule has 0 fully saturated rings. The van der Waals surface area contributed by atoms with Gasteiger partial charge < -0.3 is 5.32 Å². The Balaban J connectivity index is 2.72. The fraction of sp³-hybridized carbons (Fsp3) is 0.438. The van der Waals surface area contributed by atoms with Crippen LogP contribution in [0.3, 0.4) is 0 Å². The third-order valence-corrected chi connectivity index (χ3v) is 3.35. The number of pyridine rings is 1. The van der Waals surface area contributed by atoms with Crippen LogP contribution < -0.4 is 5.32 Å².